The highest BCUT2D eigenvalue weighted by molar-refractivity contribution is 6.48. The van der Waals surface area contributed by atoms with E-state index in [2.05, 4.69) is 87.7 Å². The molecule has 0 spiro atoms. The van der Waals surface area contributed by atoms with E-state index in [-0.39, 0.29) is 40.8 Å². The summed E-state index contributed by atoms with van der Waals surface area (Å²) in [5.74, 6) is 0.579. The van der Waals surface area contributed by atoms with Crippen LogP contribution in [-0.2, 0) is 31.7 Å². The highest BCUT2D eigenvalue weighted by Gasteiger charge is 2.68. The minimum Gasteiger partial charge on any atom is -0.404 e. The lowest BCUT2D eigenvalue weighted by Crippen LogP contribution is -2.65. The van der Waals surface area contributed by atoms with Gasteiger partial charge < -0.3 is 19.9 Å². The highest BCUT2D eigenvalue weighted by atomic mass is 16.7. The van der Waals surface area contributed by atoms with Gasteiger partial charge in [-0.1, -0.05) is 94.4 Å². The van der Waals surface area contributed by atoms with E-state index >= 15 is 0 Å². The third kappa shape index (κ3) is 5.68. The first-order chi connectivity index (χ1) is 22.0. The molecule has 2 N–H and O–H groups in total. The maximum absolute atomic E-state index is 14.4. The van der Waals surface area contributed by atoms with Crippen molar-refractivity contribution in [1.29, 1.82) is 0 Å². The maximum Gasteiger partial charge on any atom is 0.481 e. The first-order valence-electron chi connectivity index (χ1n) is 17.5. The Morgan fingerprint density at radius 1 is 0.957 bits per heavy atom. The molecule has 1 saturated heterocycles. The van der Waals surface area contributed by atoms with Gasteiger partial charge in [-0.05, 0) is 96.1 Å². The van der Waals surface area contributed by atoms with Crippen LogP contribution in [0.25, 0.3) is 10.8 Å². The van der Waals surface area contributed by atoms with Crippen molar-refractivity contribution in [2.45, 2.75) is 109 Å². The maximum atomic E-state index is 14.4. The molecule has 2 bridgehead atoms. The second-order valence-electron chi connectivity index (χ2n) is 15.7. The lowest BCUT2D eigenvalue weighted by atomic mass is 9.43. The molecule has 1 heterocycles. The Hall–Kier alpha value is -3.16. The van der Waals surface area contributed by atoms with Gasteiger partial charge in [0.2, 0.25) is 11.8 Å². The van der Waals surface area contributed by atoms with Crippen molar-refractivity contribution in [3.63, 3.8) is 0 Å². The highest BCUT2D eigenvalue weighted by Crippen LogP contribution is 2.65. The van der Waals surface area contributed by atoms with Crippen molar-refractivity contribution in [1.82, 2.24) is 10.6 Å². The Morgan fingerprint density at radius 3 is 2.50 bits per heavy atom. The van der Waals surface area contributed by atoms with Crippen molar-refractivity contribution in [3.05, 3.63) is 83.4 Å². The van der Waals surface area contributed by atoms with Crippen LogP contribution < -0.4 is 10.6 Å². The number of amides is 2. The van der Waals surface area contributed by atoms with E-state index in [0.29, 0.717) is 24.2 Å². The summed E-state index contributed by atoms with van der Waals surface area (Å²) in [4.78, 5) is 28.3. The monoisotopic (exact) mass is 620 g/mol. The second-order valence-corrected chi connectivity index (χ2v) is 15.7. The molecule has 6 nitrogen and oxygen atoms in total. The molecule has 7 heteroatoms. The van der Waals surface area contributed by atoms with Gasteiger partial charge in [-0.2, -0.15) is 0 Å². The fourth-order valence-electron chi connectivity index (χ4n) is 9.21. The lowest BCUT2D eigenvalue weighted by Gasteiger charge is -2.64. The van der Waals surface area contributed by atoms with Gasteiger partial charge in [-0.25, -0.2) is 0 Å². The van der Waals surface area contributed by atoms with Crippen LogP contribution in [0, 0.1) is 23.2 Å². The van der Waals surface area contributed by atoms with Gasteiger partial charge in [0.05, 0.1) is 23.6 Å². The molecule has 0 radical (unpaired) electrons. The Morgan fingerprint density at radius 2 is 1.72 bits per heavy atom. The summed E-state index contributed by atoms with van der Waals surface area (Å²) in [6.45, 7) is 11.3. The largest absolute Gasteiger partial charge is 0.481 e. The number of rotatable bonds is 9. The van der Waals surface area contributed by atoms with E-state index in [0.717, 1.165) is 54.0 Å². The zero-order chi connectivity index (χ0) is 32.2. The van der Waals surface area contributed by atoms with Crippen LogP contribution in [0.4, 0.5) is 0 Å². The number of benzene rings is 3. The number of aryl methyl sites for hydroxylation is 1. The standard InChI is InChI=1S/C39H49BN2O4/c1-24(2)19-35(40-45-34-23-29-22-33(38(29,3)4)39(34,5)46-40)42-37(44)32(21-25-17-18-26-11-6-7-13-28(26)20-25)41-36(43)31-16-10-14-27-12-8-9-15-30(27)31/h6-9,11-13,15,17-18,20,24,29,31-35H,10,14,16,19,21-23H2,1-5H3,(H,41,43)(H,42,44)/t29?,31-,32-,33?,34+,35-,39+/m0/s1. The summed E-state index contributed by atoms with van der Waals surface area (Å²) in [6, 6.07) is 22.0. The molecule has 5 aliphatic rings. The van der Waals surface area contributed by atoms with Gasteiger partial charge in [0.25, 0.3) is 0 Å². The third-order valence-corrected chi connectivity index (χ3v) is 11.9. The van der Waals surface area contributed by atoms with E-state index in [4.69, 9.17) is 9.31 Å². The molecule has 1 aliphatic heterocycles. The number of fused-ring (bicyclic) bond motifs is 2. The molecule has 0 aromatic heterocycles. The predicted molar refractivity (Wildman–Crippen MR) is 183 cm³/mol. The molecule has 7 atom stereocenters. The van der Waals surface area contributed by atoms with Gasteiger partial charge in [0, 0.05) is 6.42 Å². The summed E-state index contributed by atoms with van der Waals surface area (Å²) >= 11 is 0. The van der Waals surface area contributed by atoms with E-state index in [1.165, 1.54) is 12.0 Å². The first-order valence-corrected chi connectivity index (χ1v) is 17.5. The minimum absolute atomic E-state index is 0.0420. The minimum atomic E-state index is -0.733. The number of hydrogen-bond acceptors (Lipinski definition) is 4. The van der Waals surface area contributed by atoms with Crippen LogP contribution in [0.15, 0.2) is 66.7 Å². The van der Waals surface area contributed by atoms with Crippen molar-refractivity contribution in [2.75, 3.05) is 0 Å². The summed E-state index contributed by atoms with van der Waals surface area (Å²) in [6.07, 6.45) is 6.08. The second kappa shape index (κ2) is 12.1. The van der Waals surface area contributed by atoms with Crippen molar-refractivity contribution < 1.29 is 18.9 Å². The smallest absolute Gasteiger partial charge is 0.404 e. The van der Waals surface area contributed by atoms with Gasteiger partial charge in [-0.3, -0.25) is 9.59 Å². The fourth-order valence-corrected chi connectivity index (χ4v) is 9.21. The zero-order valence-corrected chi connectivity index (χ0v) is 28.1. The predicted octanol–water partition coefficient (Wildman–Crippen LogP) is 6.79. The molecule has 4 fully saturated rings. The summed E-state index contributed by atoms with van der Waals surface area (Å²) in [5.41, 5.74) is 3.22. The van der Waals surface area contributed by atoms with Gasteiger partial charge in [-0.15, -0.1) is 0 Å². The van der Waals surface area contributed by atoms with Crippen LogP contribution in [0.5, 0.6) is 0 Å². The van der Waals surface area contributed by atoms with E-state index in [1.807, 2.05) is 24.3 Å². The summed E-state index contributed by atoms with van der Waals surface area (Å²) in [5, 5.41) is 8.84. The van der Waals surface area contributed by atoms with Crippen molar-refractivity contribution in [3.8, 4) is 0 Å². The SMILES string of the molecule is CC(C)C[C@H](NC(=O)[C@H](Cc1ccc2ccccc2c1)NC(=O)[C@H]1CCCc2ccccc21)B1O[C@@H]2CC3CC(C3(C)C)[C@@]2(C)O1. The fraction of sp³-hybridized carbons (Fsp3) is 0.538. The van der Waals surface area contributed by atoms with Gasteiger partial charge >= 0.3 is 7.12 Å². The Balaban J connectivity index is 1.14. The molecule has 8 rings (SSSR count). The molecule has 2 amide bonds. The quantitative estimate of drug-likeness (QED) is 0.259. The molecular formula is C39H49BN2O4. The van der Waals surface area contributed by atoms with Crippen LogP contribution in [0.1, 0.15) is 89.3 Å². The molecule has 3 saturated carbocycles. The average Bonchev–Trinajstić information content (AvgIpc) is 3.41. The van der Waals surface area contributed by atoms with E-state index in [9.17, 15) is 9.59 Å². The topological polar surface area (TPSA) is 76.7 Å². The molecular weight excluding hydrogens is 571 g/mol. The average molecular weight is 621 g/mol. The third-order valence-electron chi connectivity index (χ3n) is 11.9. The Kier molecular flexibility index (Phi) is 8.30. The molecule has 46 heavy (non-hydrogen) atoms. The van der Waals surface area contributed by atoms with Crippen molar-refractivity contribution >= 4 is 29.7 Å². The molecule has 242 valence electrons. The number of carbonyl (C=O) groups excluding carboxylic acids is 2. The molecule has 2 unspecified atom stereocenters. The van der Waals surface area contributed by atoms with Gasteiger partial charge in [0.15, 0.2) is 0 Å². The van der Waals surface area contributed by atoms with Crippen LogP contribution in [-0.4, -0.2) is 42.6 Å². The number of nitrogens with one attached hydrogen (secondary N) is 2. The molecule has 3 aromatic carbocycles. The summed E-state index contributed by atoms with van der Waals surface area (Å²) in [7, 11) is -0.515. The zero-order valence-electron chi connectivity index (χ0n) is 28.1. The van der Waals surface area contributed by atoms with Crippen LogP contribution in [0.2, 0.25) is 0 Å². The Bertz CT molecular complexity index is 1620. The van der Waals surface area contributed by atoms with Crippen LogP contribution in [0.3, 0.4) is 0 Å². The molecule has 3 aromatic rings. The van der Waals surface area contributed by atoms with E-state index < -0.39 is 13.2 Å². The Labute approximate surface area is 274 Å². The normalized spacial score (nSPS) is 29.0. The van der Waals surface area contributed by atoms with Crippen molar-refractivity contribution in [2.24, 2.45) is 23.2 Å². The first kappa shape index (κ1) is 31.4. The summed E-state index contributed by atoms with van der Waals surface area (Å²) < 4.78 is 13.5. The molecule has 4 aliphatic carbocycles. The van der Waals surface area contributed by atoms with E-state index in [1.54, 1.807) is 0 Å². The number of hydrogen-bond donors (Lipinski definition) is 2. The van der Waals surface area contributed by atoms with Crippen LogP contribution >= 0.6 is 0 Å². The number of carbonyl (C=O) groups is 2. The van der Waals surface area contributed by atoms with Gasteiger partial charge in [0.1, 0.15) is 6.04 Å². The lowest BCUT2D eigenvalue weighted by molar-refractivity contribution is -0.199.